The van der Waals surface area contributed by atoms with Crippen LogP contribution >= 0.6 is 27.5 Å². The first-order valence-electron chi connectivity index (χ1n) is 7.69. The van der Waals surface area contributed by atoms with Crippen molar-refractivity contribution < 1.29 is 4.79 Å². The molecule has 6 nitrogen and oxygen atoms in total. The number of anilines is 1. The number of carbonyl (C=O) groups excluding carboxylic acids is 1. The highest BCUT2D eigenvalue weighted by Gasteiger charge is 2.13. The smallest absolute Gasteiger partial charge is 0.247 e. The summed E-state index contributed by atoms with van der Waals surface area (Å²) in [5.74, 6) is 0.455. The zero-order valence-electron chi connectivity index (χ0n) is 13.8. The van der Waals surface area contributed by atoms with Crippen LogP contribution in [0.25, 0.3) is 0 Å². The van der Waals surface area contributed by atoms with E-state index in [1.807, 2.05) is 38.1 Å². The molecule has 0 bridgehead atoms. The SMILES string of the molecule is Cc1nn(CC(=O)Nc2ccnn2Cc2cccc(Br)c2)c(C)c1Cl. The Morgan fingerprint density at radius 1 is 1.28 bits per heavy atom. The lowest BCUT2D eigenvalue weighted by atomic mass is 10.2. The maximum Gasteiger partial charge on any atom is 0.247 e. The second kappa shape index (κ2) is 7.41. The molecular weight excluding hydrogens is 406 g/mol. The Morgan fingerprint density at radius 3 is 2.76 bits per heavy atom. The third-order valence-corrected chi connectivity index (χ3v) is 4.83. The van der Waals surface area contributed by atoms with Gasteiger partial charge < -0.3 is 5.32 Å². The molecule has 1 amide bonds. The number of rotatable bonds is 5. The van der Waals surface area contributed by atoms with Gasteiger partial charge in [-0.25, -0.2) is 4.68 Å². The van der Waals surface area contributed by atoms with Crippen molar-refractivity contribution in [1.29, 1.82) is 0 Å². The largest absolute Gasteiger partial charge is 0.309 e. The number of benzene rings is 1. The summed E-state index contributed by atoms with van der Waals surface area (Å²) in [5.41, 5.74) is 2.57. The van der Waals surface area contributed by atoms with E-state index in [9.17, 15) is 4.79 Å². The Kier molecular flexibility index (Phi) is 5.24. The minimum Gasteiger partial charge on any atom is -0.309 e. The van der Waals surface area contributed by atoms with E-state index in [2.05, 4.69) is 31.4 Å². The van der Waals surface area contributed by atoms with Gasteiger partial charge in [-0.05, 0) is 31.5 Å². The van der Waals surface area contributed by atoms with E-state index in [4.69, 9.17) is 11.6 Å². The van der Waals surface area contributed by atoms with E-state index in [0.29, 0.717) is 23.1 Å². The molecule has 0 aliphatic rings. The van der Waals surface area contributed by atoms with E-state index in [1.54, 1.807) is 21.6 Å². The van der Waals surface area contributed by atoms with Crippen LogP contribution in [0.4, 0.5) is 5.82 Å². The summed E-state index contributed by atoms with van der Waals surface area (Å²) in [6, 6.07) is 9.73. The van der Waals surface area contributed by atoms with Gasteiger partial charge in [0.15, 0.2) is 0 Å². The fourth-order valence-corrected chi connectivity index (χ4v) is 3.10. The van der Waals surface area contributed by atoms with Gasteiger partial charge >= 0.3 is 0 Å². The third-order valence-electron chi connectivity index (χ3n) is 3.79. The minimum atomic E-state index is -0.182. The van der Waals surface area contributed by atoms with E-state index in [0.717, 1.165) is 15.7 Å². The molecule has 2 aromatic heterocycles. The van der Waals surface area contributed by atoms with Crippen LogP contribution < -0.4 is 5.32 Å². The summed E-state index contributed by atoms with van der Waals surface area (Å²) in [4.78, 5) is 12.3. The van der Waals surface area contributed by atoms with Gasteiger partial charge in [-0.15, -0.1) is 0 Å². The van der Waals surface area contributed by atoms with Gasteiger partial charge in [-0.2, -0.15) is 10.2 Å². The molecule has 130 valence electrons. The molecule has 3 aromatic rings. The zero-order chi connectivity index (χ0) is 18.0. The second-order valence-corrected chi connectivity index (χ2v) is 6.99. The first-order valence-corrected chi connectivity index (χ1v) is 8.87. The summed E-state index contributed by atoms with van der Waals surface area (Å²) in [5, 5.41) is 12.0. The molecule has 0 aliphatic carbocycles. The lowest BCUT2D eigenvalue weighted by Gasteiger charge is -2.10. The number of nitrogens with zero attached hydrogens (tertiary/aromatic N) is 4. The summed E-state index contributed by atoms with van der Waals surface area (Å²) < 4.78 is 4.35. The molecule has 2 heterocycles. The molecule has 0 spiro atoms. The highest BCUT2D eigenvalue weighted by molar-refractivity contribution is 9.10. The number of carbonyl (C=O) groups is 1. The molecule has 0 unspecified atom stereocenters. The number of hydrogen-bond acceptors (Lipinski definition) is 3. The normalized spacial score (nSPS) is 10.9. The van der Waals surface area contributed by atoms with Crippen LogP contribution in [0.3, 0.4) is 0 Å². The van der Waals surface area contributed by atoms with Crippen molar-refractivity contribution in [3.8, 4) is 0 Å². The van der Waals surface area contributed by atoms with Crippen molar-refractivity contribution in [2.24, 2.45) is 0 Å². The molecule has 0 saturated heterocycles. The highest BCUT2D eigenvalue weighted by Crippen LogP contribution is 2.19. The molecule has 1 N–H and O–H groups in total. The average Bonchev–Trinajstić information content (AvgIpc) is 3.08. The Balaban J connectivity index is 1.70. The van der Waals surface area contributed by atoms with Crippen LogP contribution in [0, 0.1) is 13.8 Å². The topological polar surface area (TPSA) is 64.7 Å². The van der Waals surface area contributed by atoms with Crippen LogP contribution in [0.15, 0.2) is 41.0 Å². The number of halogens is 2. The van der Waals surface area contributed by atoms with Crippen molar-refractivity contribution in [1.82, 2.24) is 19.6 Å². The number of amides is 1. The van der Waals surface area contributed by atoms with Crippen molar-refractivity contribution >= 4 is 39.3 Å². The predicted molar refractivity (Wildman–Crippen MR) is 101 cm³/mol. The Morgan fingerprint density at radius 2 is 2.08 bits per heavy atom. The minimum absolute atomic E-state index is 0.0987. The maximum atomic E-state index is 12.3. The van der Waals surface area contributed by atoms with Crippen LogP contribution in [-0.4, -0.2) is 25.5 Å². The zero-order valence-corrected chi connectivity index (χ0v) is 16.2. The Hall–Kier alpha value is -2.12. The van der Waals surface area contributed by atoms with Gasteiger partial charge in [-0.1, -0.05) is 39.7 Å². The van der Waals surface area contributed by atoms with E-state index in [1.165, 1.54) is 0 Å². The van der Waals surface area contributed by atoms with Crippen molar-refractivity contribution in [2.75, 3.05) is 5.32 Å². The number of hydrogen-bond donors (Lipinski definition) is 1. The van der Waals surface area contributed by atoms with Gasteiger partial charge in [0.1, 0.15) is 12.4 Å². The van der Waals surface area contributed by atoms with Gasteiger partial charge in [0, 0.05) is 10.5 Å². The van der Waals surface area contributed by atoms with Crippen molar-refractivity contribution in [2.45, 2.75) is 26.9 Å². The molecule has 0 atom stereocenters. The second-order valence-electron chi connectivity index (χ2n) is 5.69. The van der Waals surface area contributed by atoms with E-state index in [-0.39, 0.29) is 12.5 Å². The molecule has 1 aromatic carbocycles. The predicted octanol–water partition coefficient (Wildman–Crippen LogP) is 3.80. The lowest BCUT2D eigenvalue weighted by molar-refractivity contribution is -0.117. The standard InChI is InChI=1S/C17H17BrClN5O/c1-11-17(19)12(2)23(22-11)10-16(25)21-15-6-7-20-24(15)9-13-4-3-5-14(18)8-13/h3-8H,9-10H2,1-2H3,(H,21,25). The fraction of sp³-hybridized carbons (Fsp3) is 0.235. The quantitative estimate of drug-likeness (QED) is 0.680. The lowest BCUT2D eigenvalue weighted by Crippen LogP contribution is -2.22. The van der Waals surface area contributed by atoms with Crippen LogP contribution in [0.2, 0.25) is 5.02 Å². The maximum absolute atomic E-state index is 12.3. The first kappa shape index (κ1) is 17.7. The van der Waals surface area contributed by atoms with Gasteiger partial charge in [-0.3, -0.25) is 9.48 Å². The Labute approximate surface area is 158 Å². The van der Waals surface area contributed by atoms with E-state index >= 15 is 0 Å². The Bertz CT molecular complexity index is 918. The van der Waals surface area contributed by atoms with Crippen molar-refractivity contribution in [3.63, 3.8) is 0 Å². The summed E-state index contributed by atoms with van der Waals surface area (Å²) in [7, 11) is 0. The molecular formula is C17H17BrClN5O. The molecule has 8 heteroatoms. The van der Waals surface area contributed by atoms with Crippen LogP contribution in [-0.2, 0) is 17.9 Å². The molecule has 0 saturated carbocycles. The highest BCUT2D eigenvalue weighted by atomic mass is 79.9. The van der Waals surface area contributed by atoms with Crippen LogP contribution in [0.5, 0.6) is 0 Å². The van der Waals surface area contributed by atoms with E-state index < -0.39 is 0 Å². The molecule has 0 aliphatic heterocycles. The molecule has 3 rings (SSSR count). The first-order chi connectivity index (χ1) is 11.9. The molecule has 0 radical (unpaired) electrons. The fourth-order valence-electron chi connectivity index (χ4n) is 2.52. The molecule has 25 heavy (non-hydrogen) atoms. The third kappa shape index (κ3) is 4.11. The van der Waals surface area contributed by atoms with Crippen LogP contribution in [0.1, 0.15) is 17.0 Å². The van der Waals surface area contributed by atoms with Gasteiger partial charge in [0.25, 0.3) is 0 Å². The number of aryl methyl sites for hydroxylation is 1. The summed E-state index contributed by atoms with van der Waals surface area (Å²) >= 11 is 9.58. The van der Waals surface area contributed by atoms with Gasteiger partial charge in [0.2, 0.25) is 5.91 Å². The van der Waals surface area contributed by atoms with Gasteiger partial charge in [0.05, 0.1) is 29.2 Å². The molecule has 0 fully saturated rings. The summed E-state index contributed by atoms with van der Waals surface area (Å²) in [6.45, 7) is 4.32. The summed E-state index contributed by atoms with van der Waals surface area (Å²) in [6.07, 6.45) is 1.66. The van der Waals surface area contributed by atoms with Crippen molar-refractivity contribution in [3.05, 3.63) is 63.0 Å². The monoisotopic (exact) mass is 421 g/mol. The average molecular weight is 423 g/mol. The number of aromatic nitrogens is 4. The number of nitrogens with one attached hydrogen (secondary N) is 1.